The molecular formula is C17H20N4O5S. The lowest BCUT2D eigenvalue weighted by Gasteiger charge is -2.12. The molecule has 0 aliphatic heterocycles. The van der Waals surface area contributed by atoms with Gasteiger partial charge in [0.25, 0.3) is 5.69 Å². The van der Waals surface area contributed by atoms with Crippen molar-refractivity contribution >= 4 is 27.7 Å². The molecule has 0 aliphatic rings. The summed E-state index contributed by atoms with van der Waals surface area (Å²) in [7, 11) is -2.40. The van der Waals surface area contributed by atoms with Gasteiger partial charge < -0.3 is 4.55 Å². The lowest BCUT2D eigenvalue weighted by Crippen LogP contribution is -2.32. The largest absolute Gasteiger partial charge is 0.748 e. The average molecular weight is 392 g/mol. The van der Waals surface area contributed by atoms with Crippen LogP contribution in [-0.2, 0) is 16.7 Å². The monoisotopic (exact) mass is 392 g/mol. The maximum absolute atomic E-state index is 10.7. The van der Waals surface area contributed by atoms with Gasteiger partial charge in [-0.3, -0.25) is 15.1 Å². The van der Waals surface area contributed by atoms with Crippen molar-refractivity contribution in [1.29, 1.82) is 0 Å². The number of aromatic nitrogens is 1. The number of hydrazone groups is 1. The van der Waals surface area contributed by atoms with Crippen LogP contribution in [0.3, 0.4) is 0 Å². The summed E-state index contributed by atoms with van der Waals surface area (Å²) in [6.45, 7) is 0.621. The number of aryl methyl sites for hydroxylation is 1. The van der Waals surface area contributed by atoms with Crippen LogP contribution in [0.1, 0.15) is 18.4 Å². The first kappa shape index (κ1) is 20.5. The molecule has 0 atom stereocenters. The molecule has 0 aliphatic carbocycles. The van der Waals surface area contributed by atoms with Crippen LogP contribution < -0.4 is 9.58 Å². The van der Waals surface area contributed by atoms with E-state index < -0.39 is 15.0 Å². The highest BCUT2D eigenvalue weighted by Gasteiger charge is 2.06. The Morgan fingerprint density at radius 3 is 2.33 bits per heavy atom. The summed E-state index contributed by atoms with van der Waals surface area (Å²) in [5, 5.41) is 16.6. The van der Waals surface area contributed by atoms with Crippen LogP contribution >= 0.6 is 0 Å². The maximum Gasteiger partial charge on any atom is 0.269 e. The molecule has 0 bridgehead atoms. The fourth-order valence-electron chi connectivity index (χ4n) is 2.29. The van der Waals surface area contributed by atoms with Gasteiger partial charge in [-0.1, -0.05) is 0 Å². The predicted molar refractivity (Wildman–Crippen MR) is 99.5 cm³/mol. The Kier molecular flexibility index (Phi) is 6.97. The van der Waals surface area contributed by atoms with Crippen molar-refractivity contribution in [2.24, 2.45) is 5.10 Å². The summed E-state index contributed by atoms with van der Waals surface area (Å²) in [6, 6.07) is 9.80. The summed E-state index contributed by atoms with van der Waals surface area (Å²) in [5.74, 6) is -0.340. The average Bonchev–Trinajstić information content (AvgIpc) is 2.63. The minimum Gasteiger partial charge on any atom is -0.748 e. The van der Waals surface area contributed by atoms with Crippen LogP contribution in [-0.4, -0.2) is 36.9 Å². The van der Waals surface area contributed by atoms with E-state index in [0.717, 1.165) is 11.3 Å². The van der Waals surface area contributed by atoms with Gasteiger partial charge in [0, 0.05) is 49.1 Å². The van der Waals surface area contributed by atoms with Crippen LogP contribution in [0.4, 0.5) is 11.4 Å². The van der Waals surface area contributed by atoms with Crippen molar-refractivity contribution in [3.8, 4) is 0 Å². The van der Waals surface area contributed by atoms with E-state index in [2.05, 4.69) is 5.10 Å². The summed E-state index contributed by atoms with van der Waals surface area (Å²) >= 11 is 0. The first-order chi connectivity index (χ1) is 12.7. The van der Waals surface area contributed by atoms with Gasteiger partial charge in [0.1, 0.15) is 6.54 Å². The smallest absolute Gasteiger partial charge is 0.269 e. The molecule has 144 valence electrons. The minimum absolute atomic E-state index is 0.0246. The zero-order chi connectivity index (χ0) is 19.9. The van der Waals surface area contributed by atoms with Crippen LogP contribution in [0.15, 0.2) is 53.9 Å². The topological polar surface area (TPSA) is 120 Å². The fraction of sp³-hybridized carbons (Fsp3) is 0.294. The Hall–Kier alpha value is -2.85. The van der Waals surface area contributed by atoms with Crippen LogP contribution in [0.5, 0.6) is 0 Å². The van der Waals surface area contributed by atoms with Crippen molar-refractivity contribution in [3.63, 3.8) is 0 Å². The highest BCUT2D eigenvalue weighted by Crippen LogP contribution is 2.18. The first-order valence-electron chi connectivity index (χ1n) is 8.19. The Labute approximate surface area is 157 Å². The molecule has 0 amide bonds. The zero-order valence-electron chi connectivity index (χ0n) is 14.8. The maximum atomic E-state index is 10.7. The minimum atomic E-state index is -4.15. The summed E-state index contributed by atoms with van der Waals surface area (Å²) in [6.07, 6.45) is 6.29. The Morgan fingerprint density at radius 1 is 1.15 bits per heavy atom. The number of nitrogens with zero attached hydrogens (tertiary/aromatic N) is 4. The van der Waals surface area contributed by atoms with E-state index in [0.29, 0.717) is 19.4 Å². The van der Waals surface area contributed by atoms with Crippen molar-refractivity contribution < 1.29 is 22.5 Å². The second-order valence-electron chi connectivity index (χ2n) is 5.88. The molecule has 27 heavy (non-hydrogen) atoms. The van der Waals surface area contributed by atoms with Crippen LogP contribution in [0.2, 0.25) is 0 Å². The van der Waals surface area contributed by atoms with Gasteiger partial charge in [0.05, 0.1) is 26.9 Å². The first-order valence-corrected chi connectivity index (χ1v) is 9.77. The molecule has 0 radical (unpaired) electrons. The highest BCUT2D eigenvalue weighted by molar-refractivity contribution is 7.85. The number of nitro groups is 1. The number of hydrogen-bond donors (Lipinski definition) is 0. The Morgan fingerprint density at radius 2 is 1.78 bits per heavy atom. The molecular weight excluding hydrogens is 372 g/mol. The summed E-state index contributed by atoms with van der Waals surface area (Å²) in [5.41, 5.74) is 1.61. The molecule has 0 fully saturated rings. The van der Waals surface area contributed by atoms with Gasteiger partial charge >= 0.3 is 0 Å². The van der Waals surface area contributed by atoms with Gasteiger partial charge in [-0.15, -0.1) is 0 Å². The second-order valence-corrected chi connectivity index (χ2v) is 7.40. The fourth-order valence-corrected chi connectivity index (χ4v) is 2.84. The molecule has 2 rings (SSSR count). The quantitative estimate of drug-likeness (QED) is 0.160. The van der Waals surface area contributed by atoms with E-state index >= 15 is 0 Å². The molecule has 0 saturated heterocycles. The number of benzene rings is 1. The predicted octanol–water partition coefficient (Wildman–Crippen LogP) is 1.68. The van der Waals surface area contributed by atoms with Crippen molar-refractivity contribution in [1.82, 2.24) is 0 Å². The van der Waals surface area contributed by atoms with Crippen molar-refractivity contribution in [3.05, 3.63) is 64.5 Å². The third kappa shape index (κ3) is 7.12. The molecule has 1 aromatic carbocycles. The number of nitro benzene ring substituents is 1. The Bertz CT molecular complexity index is 896. The van der Waals surface area contributed by atoms with Gasteiger partial charge in [-0.05, 0) is 18.6 Å². The molecule has 0 N–H and O–H groups in total. The number of rotatable bonds is 9. The van der Waals surface area contributed by atoms with E-state index in [1.165, 1.54) is 12.1 Å². The third-order valence-electron chi connectivity index (χ3n) is 3.79. The zero-order valence-corrected chi connectivity index (χ0v) is 15.6. The van der Waals surface area contributed by atoms with Crippen LogP contribution in [0, 0.1) is 10.1 Å². The van der Waals surface area contributed by atoms with Gasteiger partial charge in [0.2, 0.25) is 0 Å². The van der Waals surface area contributed by atoms with Crippen molar-refractivity contribution in [2.75, 3.05) is 17.8 Å². The van der Waals surface area contributed by atoms with E-state index in [4.69, 9.17) is 0 Å². The Balaban J connectivity index is 1.88. The number of unbranched alkanes of at least 4 members (excludes halogenated alkanes) is 1. The molecule has 1 aromatic heterocycles. The molecule has 1 heterocycles. The molecule has 2 aromatic rings. The third-order valence-corrected chi connectivity index (χ3v) is 4.58. The standard InChI is InChI=1S/C17H20N4O5S/c1-19(16-4-6-17(7-5-16)21(22)23)18-14-15-8-11-20(12-9-15)10-2-3-13-27(24,25)26/h4-9,11-12,14H,2-3,10,13H2,1H3. The lowest BCUT2D eigenvalue weighted by atomic mass is 10.3. The van der Waals surface area contributed by atoms with E-state index in [9.17, 15) is 23.1 Å². The molecule has 0 saturated carbocycles. The normalized spacial score (nSPS) is 11.6. The van der Waals surface area contributed by atoms with Gasteiger partial charge in [0.15, 0.2) is 12.4 Å². The number of pyridine rings is 1. The molecule has 0 spiro atoms. The van der Waals surface area contributed by atoms with Crippen molar-refractivity contribution in [2.45, 2.75) is 19.4 Å². The molecule has 9 nitrogen and oxygen atoms in total. The van der Waals surface area contributed by atoms with Gasteiger partial charge in [-0.2, -0.15) is 5.10 Å². The number of hydrogen-bond acceptors (Lipinski definition) is 7. The van der Waals surface area contributed by atoms with Gasteiger partial charge in [-0.25, -0.2) is 13.0 Å². The van der Waals surface area contributed by atoms with E-state index in [1.807, 2.05) is 29.1 Å². The van der Waals surface area contributed by atoms with E-state index in [1.54, 1.807) is 30.4 Å². The molecule has 0 unspecified atom stereocenters. The summed E-state index contributed by atoms with van der Waals surface area (Å²) in [4.78, 5) is 10.2. The van der Waals surface area contributed by atoms with E-state index in [-0.39, 0.29) is 11.4 Å². The lowest BCUT2D eigenvalue weighted by molar-refractivity contribution is -0.697. The van der Waals surface area contributed by atoms with Crippen LogP contribution in [0.25, 0.3) is 0 Å². The molecule has 10 heteroatoms. The SMILES string of the molecule is CN(/N=C/c1cc[n+](CCCCS(=O)(=O)[O-])cc1)c1ccc([N+](=O)[O-])cc1. The number of non-ortho nitro benzene ring substituents is 1. The highest BCUT2D eigenvalue weighted by atomic mass is 32.2. The summed E-state index contributed by atoms with van der Waals surface area (Å²) < 4.78 is 33.6. The second kappa shape index (κ2) is 9.19. The number of anilines is 1.